The number of carbonyl (C=O) groups is 1. The number of rotatable bonds is 7. The molecule has 0 unspecified atom stereocenters. The van der Waals surface area contributed by atoms with Gasteiger partial charge < -0.3 is 10.1 Å². The fraction of sp³-hybridized carbons (Fsp3) is 0.364. The van der Waals surface area contributed by atoms with Gasteiger partial charge in [-0.05, 0) is 18.6 Å². The summed E-state index contributed by atoms with van der Waals surface area (Å²) < 4.78 is 4.95. The molecule has 3 nitrogen and oxygen atoms in total. The van der Waals surface area contributed by atoms with Gasteiger partial charge in [-0.25, -0.2) is 0 Å². The molecule has 1 N–H and O–H groups in total. The molecular formula is C11H15Cl2NO2. The molecule has 90 valence electrons. The van der Waals surface area contributed by atoms with E-state index in [2.05, 4.69) is 11.9 Å². The molecule has 0 fully saturated rings. The minimum atomic E-state index is -0.150. The van der Waals surface area contributed by atoms with E-state index in [1.807, 2.05) is 6.92 Å². The Balaban J connectivity index is 3.73. The zero-order valence-corrected chi connectivity index (χ0v) is 10.6. The van der Waals surface area contributed by atoms with Crippen LogP contribution >= 0.6 is 23.2 Å². The lowest BCUT2D eigenvalue weighted by Gasteiger charge is -2.01. The van der Waals surface area contributed by atoms with Crippen molar-refractivity contribution >= 4 is 29.1 Å². The van der Waals surface area contributed by atoms with Crippen LogP contribution in [0.2, 0.25) is 0 Å². The van der Waals surface area contributed by atoms with Crippen LogP contribution in [0.1, 0.15) is 13.3 Å². The predicted molar refractivity (Wildman–Crippen MR) is 67.3 cm³/mol. The van der Waals surface area contributed by atoms with Gasteiger partial charge >= 0.3 is 0 Å². The summed E-state index contributed by atoms with van der Waals surface area (Å²) in [5, 5.41) is 3.26. The van der Waals surface area contributed by atoms with Crippen LogP contribution in [0.4, 0.5) is 0 Å². The lowest BCUT2D eigenvalue weighted by molar-refractivity contribution is -0.123. The molecular weight excluding hydrogens is 249 g/mol. The third kappa shape index (κ3) is 8.38. The maximum Gasteiger partial charge on any atom is 0.257 e. The van der Waals surface area contributed by atoms with Gasteiger partial charge in [0.15, 0.2) is 6.61 Å². The Morgan fingerprint density at radius 1 is 1.50 bits per heavy atom. The van der Waals surface area contributed by atoms with Crippen molar-refractivity contribution in [2.75, 3.05) is 13.2 Å². The number of hydrogen-bond donors (Lipinski definition) is 1. The second-order valence-corrected chi connectivity index (χ2v) is 3.77. The van der Waals surface area contributed by atoms with Crippen molar-refractivity contribution in [3.63, 3.8) is 0 Å². The van der Waals surface area contributed by atoms with Crippen molar-refractivity contribution in [2.45, 2.75) is 13.3 Å². The SMILES string of the molecule is C=C(Cl)/C(Cl)=C\C=C\OCC(=O)NCCC. The number of carbonyl (C=O) groups excluding carboxylic acids is 1. The van der Waals surface area contributed by atoms with E-state index in [1.165, 1.54) is 12.3 Å². The molecule has 5 heteroatoms. The first-order valence-electron chi connectivity index (χ1n) is 4.83. The third-order valence-electron chi connectivity index (χ3n) is 1.46. The Morgan fingerprint density at radius 3 is 2.75 bits per heavy atom. The van der Waals surface area contributed by atoms with Crippen LogP contribution in [0.3, 0.4) is 0 Å². The first-order chi connectivity index (χ1) is 7.57. The lowest BCUT2D eigenvalue weighted by atomic mass is 10.4. The zero-order chi connectivity index (χ0) is 12.4. The molecule has 0 saturated carbocycles. The lowest BCUT2D eigenvalue weighted by Crippen LogP contribution is -2.27. The largest absolute Gasteiger partial charge is 0.491 e. The van der Waals surface area contributed by atoms with Gasteiger partial charge in [0.05, 0.1) is 16.3 Å². The Bertz CT molecular complexity index is 298. The average molecular weight is 264 g/mol. The summed E-state index contributed by atoms with van der Waals surface area (Å²) in [6.45, 7) is 6.07. The average Bonchev–Trinajstić information content (AvgIpc) is 2.25. The molecule has 0 aromatic carbocycles. The van der Waals surface area contributed by atoms with Crippen molar-refractivity contribution in [3.8, 4) is 0 Å². The van der Waals surface area contributed by atoms with Crippen LogP contribution in [0.15, 0.2) is 35.1 Å². The quantitative estimate of drug-likeness (QED) is 0.567. The van der Waals surface area contributed by atoms with Gasteiger partial charge in [-0.15, -0.1) is 0 Å². The normalized spacial score (nSPS) is 11.6. The van der Waals surface area contributed by atoms with Gasteiger partial charge in [0.2, 0.25) is 0 Å². The van der Waals surface area contributed by atoms with E-state index >= 15 is 0 Å². The minimum Gasteiger partial charge on any atom is -0.491 e. The van der Waals surface area contributed by atoms with Gasteiger partial charge in [-0.3, -0.25) is 4.79 Å². The molecule has 0 aromatic rings. The van der Waals surface area contributed by atoms with Crippen molar-refractivity contribution in [3.05, 3.63) is 35.1 Å². The standard InChI is InChI=1S/C11H15Cl2NO2/c1-3-6-14-11(15)8-16-7-4-5-10(13)9(2)12/h4-5,7H,2-3,6,8H2,1H3,(H,14,15)/b7-4+,10-5+. The third-order valence-corrected chi connectivity index (χ3v) is 2.12. The van der Waals surface area contributed by atoms with E-state index < -0.39 is 0 Å². The summed E-state index contributed by atoms with van der Waals surface area (Å²) in [6.07, 6.45) is 5.34. The van der Waals surface area contributed by atoms with E-state index in [0.717, 1.165) is 6.42 Å². The smallest absolute Gasteiger partial charge is 0.257 e. The molecule has 0 aliphatic carbocycles. The summed E-state index contributed by atoms with van der Waals surface area (Å²) in [6, 6.07) is 0. The second kappa shape index (κ2) is 9.31. The van der Waals surface area contributed by atoms with E-state index in [1.54, 1.807) is 6.08 Å². The van der Waals surface area contributed by atoms with E-state index in [0.29, 0.717) is 11.6 Å². The van der Waals surface area contributed by atoms with Crippen LogP contribution in [0.5, 0.6) is 0 Å². The zero-order valence-electron chi connectivity index (χ0n) is 9.13. The van der Waals surface area contributed by atoms with Crippen LogP contribution in [0.25, 0.3) is 0 Å². The molecule has 0 rings (SSSR count). The molecule has 0 heterocycles. The first-order valence-corrected chi connectivity index (χ1v) is 5.59. The van der Waals surface area contributed by atoms with Crippen LogP contribution in [-0.4, -0.2) is 19.1 Å². The second-order valence-electron chi connectivity index (χ2n) is 2.91. The highest BCUT2D eigenvalue weighted by Gasteiger charge is 1.97. The van der Waals surface area contributed by atoms with E-state index in [9.17, 15) is 4.79 Å². The Morgan fingerprint density at radius 2 is 2.19 bits per heavy atom. The summed E-state index contributed by atoms with van der Waals surface area (Å²) in [4.78, 5) is 11.1. The van der Waals surface area contributed by atoms with Crippen molar-refractivity contribution < 1.29 is 9.53 Å². The van der Waals surface area contributed by atoms with Crippen molar-refractivity contribution in [1.82, 2.24) is 5.32 Å². The number of hydrogen-bond acceptors (Lipinski definition) is 2. The Hall–Kier alpha value is -0.930. The minimum absolute atomic E-state index is 0.0101. The fourth-order valence-corrected chi connectivity index (χ4v) is 0.845. The Labute approximate surface area is 106 Å². The van der Waals surface area contributed by atoms with Gasteiger partial charge in [-0.2, -0.15) is 0 Å². The van der Waals surface area contributed by atoms with Crippen molar-refractivity contribution in [2.24, 2.45) is 0 Å². The molecule has 0 aliphatic rings. The predicted octanol–water partition coefficient (Wildman–Crippen LogP) is 2.92. The molecule has 0 spiro atoms. The maximum atomic E-state index is 11.1. The maximum absolute atomic E-state index is 11.1. The van der Waals surface area contributed by atoms with Crippen LogP contribution < -0.4 is 5.32 Å². The first kappa shape index (κ1) is 15.1. The van der Waals surface area contributed by atoms with Gasteiger partial charge in [0.25, 0.3) is 5.91 Å². The summed E-state index contributed by atoms with van der Waals surface area (Å²) >= 11 is 11.2. The summed E-state index contributed by atoms with van der Waals surface area (Å²) in [5.74, 6) is -0.150. The monoisotopic (exact) mass is 263 g/mol. The highest BCUT2D eigenvalue weighted by molar-refractivity contribution is 6.43. The van der Waals surface area contributed by atoms with Crippen LogP contribution in [-0.2, 0) is 9.53 Å². The molecule has 0 saturated heterocycles. The molecule has 1 amide bonds. The number of allylic oxidation sites excluding steroid dienone is 4. The van der Waals surface area contributed by atoms with Gasteiger partial charge in [-0.1, -0.05) is 36.7 Å². The highest BCUT2D eigenvalue weighted by atomic mass is 35.5. The van der Waals surface area contributed by atoms with Gasteiger partial charge in [0, 0.05) is 6.54 Å². The fourth-order valence-electron chi connectivity index (χ4n) is 0.709. The van der Waals surface area contributed by atoms with E-state index in [4.69, 9.17) is 27.9 Å². The number of halogens is 2. The molecule has 0 aliphatic heterocycles. The number of ether oxygens (including phenoxy) is 1. The molecule has 16 heavy (non-hydrogen) atoms. The van der Waals surface area contributed by atoms with Gasteiger partial charge in [0.1, 0.15) is 0 Å². The Kier molecular flexibility index (Phi) is 8.77. The number of amides is 1. The molecule has 0 atom stereocenters. The number of nitrogens with one attached hydrogen (secondary N) is 1. The highest BCUT2D eigenvalue weighted by Crippen LogP contribution is 2.15. The molecule has 0 aromatic heterocycles. The molecule has 0 bridgehead atoms. The summed E-state index contributed by atoms with van der Waals surface area (Å²) in [5.41, 5.74) is 0. The topological polar surface area (TPSA) is 38.3 Å². The van der Waals surface area contributed by atoms with Crippen molar-refractivity contribution in [1.29, 1.82) is 0 Å². The molecule has 0 radical (unpaired) electrons. The van der Waals surface area contributed by atoms with Crippen LogP contribution in [0, 0.1) is 0 Å². The van der Waals surface area contributed by atoms with E-state index in [-0.39, 0.29) is 17.5 Å². The summed E-state index contributed by atoms with van der Waals surface area (Å²) in [7, 11) is 0.